The molecule has 0 aromatic heterocycles. The van der Waals surface area contributed by atoms with E-state index in [9.17, 15) is 19.2 Å². The summed E-state index contributed by atoms with van der Waals surface area (Å²) >= 11 is 3.38. The van der Waals surface area contributed by atoms with Crippen LogP contribution in [0.5, 0.6) is 11.5 Å². The van der Waals surface area contributed by atoms with Gasteiger partial charge in [-0.3, -0.25) is 14.9 Å². The Morgan fingerprint density at radius 2 is 1.88 bits per heavy atom. The second-order valence-corrected chi connectivity index (χ2v) is 7.72. The van der Waals surface area contributed by atoms with E-state index < -0.39 is 23.8 Å². The third-order valence-corrected chi connectivity index (χ3v) is 5.38. The van der Waals surface area contributed by atoms with E-state index in [4.69, 9.17) is 14.2 Å². The average molecular weight is 517 g/mol. The number of aryl methyl sites for hydroxylation is 1. The zero-order chi connectivity index (χ0) is 24.1. The average Bonchev–Trinajstić information content (AvgIpc) is 2.77. The molecule has 1 fully saturated rings. The van der Waals surface area contributed by atoms with Gasteiger partial charge in [0, 0.05) is 4.47 Å². The van der Waals surface area contributed by atoms with E-state index in [0.717, 1.165) is 4.90 Å². The highest BCUT2D eigenvalue weighted by Gasteiger charge is 2.37. The Morgan fingerprint density at radius 3 is 2.55 bits per heavy atom. The Balaban J connectivity index is 1.96. The van der Waals surface area contributed by atoms with Gasteiger partial charge in [-0.15, -0.1) is 0 Å². The minimum atomic E-state index is -0.823. The number of nitrogens with zero attached hydrogens (tertiary/aromatic N) is 1. The summed E-state index contributed by atoms with van der Waals surface area (Å²) in [7, 11) is 1.41. The van der Waals surface area contributed by atoms with Crippen molar-refractivity contribution in [2.45, 2.75) is 13.8 Å². The van der Waals surface area contributed by atoms with Gasteiger partial charge in [0.1, 0.15) is 5.57 Å². The number of esters is 1. The fourth-order valence-corrected chi connectivity index (χ4v) is 3.56. The Morgan fingerprint density at radius 1 is 1.15 bits per heavy atom. The SMILES string of the molecule is CCOC(=O)COc1cc(Br)c(/C=C2\C(=O)NC(=O)N(c3ccccc3C)C2=O)cc1OC. The predicted molar refractivity (Wildman–Crippen MR) is 123 cm³/mol. The molecule has 3 rings (SSSR count). The molecule has 0 radical (unpaired) electrons. The lowest BCUT2D eigenvalue weighted by Crippen LogP contribution is -2.54. The molecule has 0 spiro atoms. The van der Waals surface area contributed by atoms with Crippen LogP contribution in [-0.2, 0) is 19.1 Å². The van der Waals surface area contributed by atoms with Gasteiger partial charge in [-0.25, -0.2) is 14.5 Å². The first kappa shape index (κ1) is 24.0. The van der Waals surface area contributed by atoms with Crippen molar-refractivity contribution in [3.63, 3.8) is 0 Å². The number of amides is 4. The number of anilines is 1. The van der Waals surface area contributed by atoms with Crippen LogP contribution < -0.4 is 19.7 Å². The van der Waals surface area contributed by atoms with Crippen molar-refractivity contribution in [1.29, 1.82) is 0 Å². The second kappa shape index (κ2) is 10.3. The largest absolute Gasteiger partial charge is 0.493 e. The topological polar surface area (TPSA) is 111 Å². The molecular formula is C23H21BrN2O7. The van der Waals surface area contributed by atoms with E-state index in [0.29, 0.717) is 21.3 Å². The number of nitrogens with one attached hydrogen (secondary N) is 1. The zero-order valence-corrected chi connectivity index (χ0v) is 19.7. The molecule has 1 aliphatic heterocycles. The summed E-state index contributed by atoms with van der Waals surface area (Å²) in [5.41, 5.74) is 1.26. The van der Waals surface area contributed by atoms with Crippen LogP contribution in [-0.4, -0.2) is 44.1 Å². The first-order valence-corrected chi connectivity index (χ1v) is 10.7. The smallest absolute Gasteiger partial charge is 0.344 e. The standard InChI is InChI=1S/C23H21BrN2O7/c1-4-32-20(27)12-33-19-11-16(24)14(10-18(19)31-3)9-15-21(28)25-23(30)26(22(15)29)17-8-6-5-7-13(17)2/h5-11H,4,12H2,1-3H3,(H,25,28,30)/b15-9+. The number of carbonyl (C=O) groups is 4. The molecule has 1 aliphatic rings. The van der Waals surface area contributed by atoms with Gasteiger partial charge >= 0.3 is 12.0 Å². The van der Waals surface area contributed by atoms with Gasteiger partial charge in [0.15, 0.2) is 18.1 Å². The highest BCUT2D eigenvalue weighted by atomic mass is 79.9. The van der Waals surface area contributed by atoms with Crippen molar-refractivity contribution >= 4 is 51.5 Å². The van der Waals surface area contributed by atoms with Gasteiger partial charge in [0.25, 0.3) is 11.8 Å². The quantitative estimate of drug-likeness (QED) is 0.341. The van der Waals surface area contributed by atoms with Crippen LogP contribution in [0.2, 0.25) is 0 Å². The molecule has 2 aromatic rings. The normalized spacial score (nSPS) is 14.8. The molecular weight excluding hydrogens is 496 g/mol. The van der Waals surface area contributed by atoms with Gasteiger partial charge < -0.3 is 14.2 Å². The van der Waals surface area contributed by atoms with Crippen LogP contribution in [0.4, 0.5) is 10.5 Å². The number of methoxy groups -OCH3 is 1. The van der Waals surface area contributed by atoms with Crippen molar-refractivity contribution in [2.24, 2.45) is 0 Å². The summed E-state index contributed by atoms with van der Waals surface area (Å²) in [5.74, 6) is -1.58. The second-order valence-electron chi connectivity index (χ2n) is 6.86. The summed E-state index contributed by atoms with van der Waals surface area (Å²) in [5, 5.41) is 2.20. The molecule has 0 aliphatic carbocycles. The maximum absolute atomic E-state index is 13.1. The summed E-state index contributed by atoms with van der Waals surface area (Å²) in [6.45, 7) is 3.36. The fraction of sp³-hybridized carbons (Fsp3) is 0.217. The fourth-order valence-electron chi connectivity index (χ4n) is 3.12. The van der Waals surface area contributed by atoms with Crippen LogP contribution in [0, 0.1) is 6.92 Å². The third-order valence-electron chi connectivity index (χ3n) is 4.69. The predicted octanol–water partition coefficient (Wildman–Crippen LogP) is 3.37. The first-order valence-electron chi connectivity index (χ1n) is 9.89. The number of ether oxygens (including phenoxy) is 3. The summed E-state index contributed by atoms with van der Waals surface area (Å²) < 4.78 is 16.1. The molecule has 10 heteroatoms. The maximum atomic E-state index is 13.1. The number of benzene rings is 2. The Bertz CT molecular complexity index is 1160. The number of carbonyl (C=O) groups excluding carboxylic acids is 4. The number of rotatable bonds is 7. The van der Waals surface area contributed by atoms with Crippen molar-refractivity contribution in [1.82, 2.24) is 5.32 Å². The molecule has 33 heavy (non-hydrogen) atoms. The summed E-state index contributed by atoms with van der Waals surface area (Å²) in [4.78, 5) is 50.5. The molecule has 172 valence electrons. The summed E-state index contributed by atoms with van der Waals surface area (Å²) in [6, 6.07) is 9.10. The molecule has 2 aromatic carbocycles. The monoisotopic (exact) mass is 516 g/mol. The van der Waals surface area contributed by atoms with Crippen LogP contribution >= 0.6 is 15.9 Å². The number of hydrogen-bond acceptors (Lipinski definition) is 7. The lowest BCUT2D eigenvalue weighted by molar-refractivity contribution is -0.145. The third kappa shape index (κ3) is 5.23. The number of barbiturate groups is 1. The molecule has 9 nitrogen and oxygen atoms in total. The highest BCUT2D eigenvalue weighted by molar-refractivity contribution is 9.10. The Hall–Kier alpha value is -3.66. The lowest BCUT2D eigenvalue weighted by Gasteiger charge is -2.27. The number of imide groups is 2. The number of urea groups is 1. The molecule has 0 atom stereocenters. The molecule has 0 unspecified atom stereocenters. The van der Waals surface area contributed by atoms with E-state index >= 15 is 0 Å². The van der Waals surface area contributed by atoms with Gasteiger partial charge in [-0.1, -0.05) is 34.1 Å². The van der Waals surface area contributed by atoms with Gasteiger partial charge in [-0.05, 0) is 49.2 Å². The Labute approximate surface area is 198 Å². The highest BCUT2D eigenvalue weighted by Crippen LogP contribution is 2.35. The molecule has 1 saturated heterocycles. The van der Waals surface area contributed by atoms with Crippen LogP contribution in [0.3, 0.4) is 0 Å². The lowest BCUT2D eigenvalue weighted by atomic mass is 10.1. The van der Waals surface area contributed by atoms with Crippen LogP contribution in [0.1, 0.15) is 18.1 Å². The van der Waals surface area contributed by atoms with Crippen molar-refractivity contribution in [2.75, 3.05) is 25.2 Å². The first-order chi connectivity index (χ1) is 15.8. The van der Waals surface area contributed by atoms with Crippen molar-refractivity contribution < 1.29 is 33.4 Å². The van der Waals surface area contributed by atoms with E-state index in [1.165, 1.54) is 19.3 Å². The van der Waals surface area contributed by atoms with Crippen LogP contribution in [0.25, 0.3) is 6.08 Å². The number of halogens is 1. The molecule has 0 bridgehead atoms. The van der Waals surface area contributed by atoms with E-state index in [-0.39, 0.29) is 30.3 Å². The zero-order valence-electron chi connectivity index (χ0n) is 18.1. The molecule has 1 N–H and O–H groups in total. The number of hydrogen-bond donors (Lipinski definition) is 1. The van der Waals surface area contributed by atoms with Gasteiger partial charge in [0.05, 0.1) is 19.4 Å². The minimum absolute atomic E-state index is 0.230. The van der Waals surface area contributed by atoms with E-state index in [2.05, 4.69) is 21.2 Å². The maximum Gasteiger partial charge on any atom is 0.344 e. The van der Waals surface area contributed by atoms with Crippen molar-refractivity contribution in [3.05, 3.63) is 57.6 Å². The van der Waals surface area contributed by atoms with Crippen molar-refractivity contribution in [3.8, 4) is 11.5 Å². The van der Waals surface area contributed by atoms with E-state index in [1.54, 1.807) is 44.2 Å². The summed E-state index contributed by atoms with van der Waals surface area (Å²) in [6.07, 6.45) is 1.34. The van der Waals surface area contributed by atoms with E-state index in [1.807, 2.05) is 0 Å². The van der Waals surface area contributed by atoms with Gasteiger partial charge in [0.2, 0.25) is 0 Å². The van der Waals surface area contributed by atoms with Crippen LogP contribution in [0.15, 0.2) is 46.4 Å². The van der Waals surface area contributed by atoms with Gasteiger partial charge in [-0.2, -0.15) is 0 Å². The Kier molecular flexibility index (Phi) is 7.49. The molecule has 1 heterocycles. The molecule has 0 saturated carbocycles. The minimum Gasteiger partial charge on any atom is -0.493 e. The number of para-hydroxylation sites is 1. The molecule has 4 amide bonds.